The Hall–Kier alpha value is -3.42. The number of amides is 2. The Labute approximate surface area is 157 Å². The van der Waals surface area contributed by atoms with Crippen molar-refractivity contribution in [2.45, 2.75) is 0 Å². The average molecular weight is 367 g/mol. The van der Waals surface area contributed by atoms with Gasteiger partial charge in [-0.2, -0.15) is 5.10 Å². The van der Waals surface area contributed by atoms with Crippen molar-refractivity contribution in [3.05, 3.63) is 54.4 Å². The van der Waals surface area contributed by atoms with Crippen molar-refractivity contribution in [3.8, 4) is 5.75 Å². The molecule has 27 heavy (non-hydrogen) atoms. The molecule has 0 saturated carbocycles. The Kier molecular flexibility index (Phi) is 5.98. The van der Waals surface area contributed by atoms with Gasteiger partial charge in [-0.3, -0.25) is 14.6 Å². The van der Waals surface area contributed by atoms with E-state index in [1.165, 1.54) is 11.1 Å². The molecule has 2 aromatic rings. The van der Waals surface area contributed by atoms with Gasteiger partial charge in [0.1, 0.15) is 5.75 Å². The van der Waals surface area contributed by atoms with Crippen molar-refractivity contribution in [1.82, 2.24) is 15.3 Å². The summed E-state index contributed by atoms with van der Waals surface area (Å²) in [5.41, 5.74) is 3.83. The maximum atomic E-state index is 12.3. The number of pyridine rings is 1. The number of nitrogens with one attached hydrogen (secondary N) is 1. The van der Waals surface area contributed by atoms with E-state index in [4.69, 9.17) is 4.74 Å². The molecule has 1 aliphatic heterocycles. The quantitative estimate of drug-likeness (QED) is 0.493. The molecule has 0 bridgehead atoms. The van der Waals surface area contributed by atoms with Gasteiger partial charge in [0.05, 0.1) is 24.7 Å². The normalized spacial score (nSPS) is 14.3. The third-order valence-electron chi connectivity index (χ3n) is 4.24. The Morgan fingerprint density at radius 1 is 1.11 bits per heavy atom. The van der Waals surface area contributed by atoms with Crippen molar-refractivity contribution in [2.24, 2.45) is 5.10 Å². The number of para-hydroxylation sites is 2. The summed E-state index contributed by atoms with van der Waals surface area (Å²) in [7, 11) is 1.63. The lowest BCUT2D eigenvalue weighted by Gasteiger charge is -2.36. The average Bonchev–Trinajstić information content (AvgIpc) is 2.74. The molecule has 8 heteroatoms. The van der Waals surface area contributed by atoms with E-state index in [1.54, 1.807) is 25.4 Å². The topological polar surface area (TPSA) is 87.1 Å². The zero-order valence-electron chi connectivity index (χ0n) is 15.0. The molecular weight excluding hydrogens is 346 g/mol. The second-order valence-corrected chi connectivity index (χ2v) is 5.90. The highest BCUT2D eigenvalue weighted by molar-refractivity contribution is 6.35. The van der Waals surface area contributed by atoms with Crippen molar-refractivity contribution >= 4 is 23.7 Å². The molecule has 8 nitrogen and oxygen atoms in total. The highest BCUT2D eigenvalue weighted by atomic mass is 16.5. The van der Waals surface area contributed by atoms with E-state index in [9.17, 15) is 9.59 Å². The van der Waals surface area contributed by atoms with Gasteiger partial charge < -0.3 is 14.5 Å². The van der Waals surface area contributed by atoms with Crippen LogP contribution in [-0.4, -0.2) is 61.2 Å². The van der Waals surface area contributed by atoms with Crippen LogP contribution < -0.4 is 15.1 Å². The smallest absolute Gasteiger partial charge is 0.329 e. The highest BCUT2D eigenvalue weighted by Crippen LogP contribution is 2.28. The number of carbonyl (C=O) groups is 2. The molecule has 3 rings (SSSR count). The number of piperazine rings is 1. The maximum Gasteiger partial charge on any atom is 0.329 e. The summed E-state index contributed by atoms with van der Waals surface area (Å²) in [5, 5.41) is 3.78. The number of methoxy groups -OCH3 is 1. The summed E-state index contributed by atoms with van der Waals surface area (Å²) in [6.07, 6.45) is 3.01. The third-order valence-corrected chi connectivity index (χ3v) is 4.24. The number of anilines is 1. The minimum atomic E-state index is -0.757. The molecule has 1 aromatic carbocycles. The number of hydrogen-bond donors (Lipinski definition) is 1. The van der Waals surface area contributed by atoms with Crippen LogP contribution in [0.1, 0.15) is 5.69 Å². The van der Waals surface area contributed by atoms with Gasteiger partial charge >= 0.3 is 11.8 Å². The summed E-state index contributed by atoms with van der Waals surface area (Å²) in [6.45, 7) is 2.15. The number of hydrazone groups is 1. The summed E-state index contributed by atoms with van der Waals surface area (Å²) >= 11 is 0. The van der Waals surface area contributed by atoms with Crippen LogP contribution in [-0.2, 0) is 9.59 Å². The van der Waals surface area contributed by atoms with Gasteiger partial charge in [-0.05, 0) is 24.3 Å². The monoisotopic (exact) mass is 367 g/mol. The Bertz CT molecular complexity index is 817. The molecule has 1 aromatic heterocycles. The summed E-state index contributed by atoms with van der Waals surface area (Å²) in [4.78, 5) is 32.0. The number of hydrogen-bond acceptors (Lipinski definition) is 6. The Balaban J connectivity index is 1.52. The molecule has 2 heterocycles. The molecule has 1 N–H and O–H groups in total. The van der Waals surface area contributed by atoms with Gasteiger partial charge in [0.25, 0.3) is 0 Å². The first-order valence-electron chi connectivity index (χ1n) is 8.60. The van der Waals surface area contributed by atoms with E-state index in [2.05, 4.69) is 20.4 Å². The number of carbonyl (C=O) groups excluding carboxylic acids is 2. The second-order valence-electron chi connectivity index (χ2n) is 5.90. The number of benzene rings is 1. The van der Waals surface area contributed by atoms with Crippen LogP contribution in [0.25, 0.3) is 0 Å². The van der Waals surface area contributed by atoms with Gasteiger partial charge in [-0.1, -0.05) is 18.2 Å². The lowest BCUT2D eigenvalue weighted by molar-refractivity contribution is -0.146. The van der Waals surface area contributed by atoms with Crippen molar-refractivity contribution in [2.75, 3.05) is 38.2 Å². The van der Waals surface area contributed by atoms with Crippen LogP contribution in [0.15, 0.2) is 53.8 Å². The minimum Gasteiger partial charge on any atom is -0.495 e. The second kappa shape index (κ2) is 8.79. The SMILES string of the molecule is COc1ccccc1N1CCN(C(=O)C(=O)N/N=C\c2ccccn2)CC1. The van der Waals surface area contributed by atoms with E-state index in [1.807, 2.05) is 30.3 Å². The first-order chi connectivity index (χ1) is 13.2. The van der Waals surface area contributed by atoms with Crippen LogP contribution in [0.3, 0.4) is 0 Å². The first kappa shape index (κ1) is 18.4. The molecule has 140 valence electrons. The predicted octanol–water partition coefficient (Wildman–Crippen LogP) is 0.889. The number of nitrogens with zero attached hydrogens (tertiary/aromatic N) is 4. The fraction of sp³-hybridized carbons (Fsp3) is 0.263. The van der Waals surface area contributed by atoms with Gasteiger partial charge in [-0.15, -0.1) is 0 Å². The highest BCUT2D eigenvalue weighted by Gasteiger charge is 2.26. The van der Waals surface area contributed by atoms with Gasteiger partial charge in [0.2, 0.25) is 0 Å². The molecule has 0 aliphatic carbocycles. The molecule has 1 fully saturated rings. The number of rotatable bonds is 4. The van der Waals surface area contributed by atoms with Crippen LogP contribution in [0.4, 0.5) is 5.69 Å². The van der Waals surface area contributed by atoms with Gasteiger partial charge in [-0.25, -0.2) is 5.43 Å². The van der Waals surface area contributed by atoms with E-state index in [0.717, 1.165) is 11.4 Å². The van der Waals surface area contributed by atoms with Crippen molar-refractivity contribution in [3.63, 3.8) is 0 Å². The van der Waals surface area contributed by atoms with E-state index in [0.29, 0.717) is 31.9 Å². The predicted molar refractivity (Wildman–Crippen MR) is 102 cm³/mol. The minimum absolute atomic E-state index is 0.453. The molecule has 0 spiro atoms. The summed E-state index contributed by atoms with van der Waals surface area (Å²) in [6, 6.07) is 13.1. The number of aromatic nitrogens is 1. The van der Waals surface area contributed by atoms with Gasteiger partial charge in [0, 0.05) is 32.4 Å². The van der Waals surface area contributed by atoms with Crippen LogP contribution in [0.2, 0.25) is 0 Å². The molecule has 1 saturated heterocycles. The maximum absolute atomic E-state index is 12.3. The zero-order chi connectivity index (χ0) is 19.1. The molecule has 0 atom stereocenters. The van der Waals surface area contributed by atoms with E-state index >= 15 is 0 Å². The Morgan fingerprint density at radius 3 is 2.56 bits per heavy atom. The first-order valence-corrected chi connectivity index (χ1v) is 8.60. The summed E-state index contributed by atoms with van der Waals surface area (Å²) in [5.74, 6) is -0.556. The fourth-order valence-corrected chi connectivity index (χ4v) is 2.84. The van der Waals surface area contributed by atoms with Crippen molar-refractivity contribution < 1.29 is 14.3 Å². The van der Waals surface area contributed by atoms with Crippen LogP contribution >= 0.6 is 0 Å². The zero-order valence-corrected chi connectivity index (χ0v) is 15.0. The number of ether oxygens (including phenoxy) is 1. The standard InChI is InChI=1S/C19H21N5O3/c1-27-17-8-3-2-7-16(17)23-10-12-24(13-11-23)19(26)18(25)22-21-14-15-6-4-5-9-20-15/h2-9,14H,10-13H2,1H3,(H,22,25)/b21-14-. The van der Waals surface area contributed by atoms with Gasteiger partial charge in [0.15, 0.2) is 0 Å². The van der Waals surface area contributed by atoms with Crippen LogP contribution in [0, 0.1) is 0 Å². The molecule has 1 aliphatic rings. The lowest BCUT2D eigenvalue weighted by atomic mass is 10.2. The molecule has 2 amide bonds. The fourth-order valence-electron chi connectivity index (χ4n) is 2.84. The van der Waals surface area contributed by atoms with E-state index < -0.39 is 11.8 Å². The molecular formula is C19H21N5O3. The van der Waals surface area contributed by atoms with Crippen molar-refractivity contribution in [1.29, 1.82) is 0 Å². The lowest BCUT2D eigenvalue weighted by Crippen LogP contribution is -2.52. The largest absolute Gasteiger partial charge is 0.495 e. The third kappa shape index (κ3) is 4.60. The Morgan fingerprint density at radius 2 is 1.85 bits per heavy atom. The summed E-state index contributed by atoms with van der Waals surface area (Å²) < 4.78 is 5.38. The molecule has 0 radical (unpaired) electrons. The van der Waals surface area contributed by atoms with E-state index in [-0.39, 0.29) is 0 Å². The van der Waals surface area contributed by atoms with Crippen LogP contribution in [0.5, 0.6) is 5.75 Å². The molecule has 0 unspecified atom stereocenters.